The van der Waals surface area contributed by atoms with E-state index in [0.29, 0.717) is 18.6 Å². The van der Waals surface area contributed by atoms with E-state index >= 15 is 0 Å². The predicted molar refractivity (Wildman–Crippen MR) is 51.4 cm³/mol. The van der Waals surface area contributed by atoms with Crippen LogP contribution in [0.3, 0.4) is 0 Å². The molecular weight excluding hydrogens is 164 g/mol. The zero-order chi connectivity index (χ0) is 10.1. The summed E-state index contributed by atoms with van der Waals surface area (Å²) < 4.78 is 0. The van der Waals surface area contributed by atoms with Gasteiger partial charge in [-0.3, -0.25) is 4.79 Å². The number of carbonyl (C=O) groups excluding carboxylic acids is 2. The van der Waals surface area contributed by atoms with E-state index in [1.165, 1.54) is 0 Å². The highest BCUT2D eigenvalue weighted by atomic mass is 16.1. The van der Waals surface area contributed by atoms with Crippen molar-refractivity contribution in [3.8, 4) is 0 Å². The molecule has 2 atom stereocenters. The van der Waals surface area contributed by atoms with Gasteiger partial charge in [0.15, 0.2) is 0 Å². The minimum atomic E-state index is 0.0638. The Kier molecular flexibility index (Phi) is 2.89. The number of Topliss-reactive ketones (excluding diaryl/α,β-unsaturated/α-hetero) is 1. The van der Waals surface area contributed by atoms with Crippen molar-refractivity contribution in [2.45, 2.75) is 40.0 Å². The van der Waals surface area contributed by atoms with Crippen LogP contribution in [0.4, 0.5) is 0 Å². The molecule has 0 aromatic carbocycles. The summed E-state index contributed by atoms with van der Waals surface area (Å²) in [7, 11) is 0. The monoisotopic (exact) mass is 182 g/mol. The summed E-state index contributed by atoms with van der Waals surface area (Å²) in [5.74, 6) is 0.631. The van der Waals surface area contributed by atoms with E-state index < -0.39 is 0 Å². The molecule has 0 aromatic heterocycles. The Morgan fingerprint density at radius 1 is 1.54 bits per heavy atom. The van der Waals surface area contributed by atoms with Crippen LogP contribution in [0.5, 0.6) is 0 Å². The zero-order valence-electron chi connectivity index (χ0n) is 8.67. The summed E-state index contributed by atoms with van der Waals surface area (Å²) in [5, 5.41) is 0. The molecule has 2 unspecified atom stereocenters. The maximum atomic E-state index is 11.5. The van der Waals surface area contributed by atoms with Crippen molar-refractivity contribution in [3.63, 3.8) is 0 Å². The summed E-state index contributed by atoms with van der Waals surface area (Å²) in [6, 6.07) is 0. The van der Waals surface area contributed by atoms with E-state index in [2.05, 4.69) is 13.8 Å². The van der Waals surface area contributed by atoms with Gasteiger partial charge in [0.2, 0.25) is 0 Å². The molecule has 0 aliphatic heterocycles. The Hall–Kier alpha value is -0.660. The van der Waals surface area contributed by atoms with Gasteiger partial charge in [-0.1, -0.05) is 20.8 Å². The van der Waals surface area contributed by atoms with Crippen molar-refractivity contribution in [2.24, 2.45) is 17.3 Å². The van der Waals surface area contributed by atoms with E-state index in [9.17, 15) is 9.59 Å². The molecule has 74 valence electrons. The van der Waals surface area contributed by atoms with Crippen molar-refractivity contribution < 1.29 is 9.59 Å². The van der Waals surface area contributed by atoms with Gasteiger partial charge < -0.3 is 4.79 Å². The van der Waals surface area contributed by atoms with Crippen LogP contribution in [0.25, 0.3) is 0 Å². The van der Waals surface area contributed by atoms with E-state index in [4.69, 9.17) is 0 Å². The third-order valence-corrected chi connectivity index (χ3v) is 3.48. The van der Waals surface area contributed by atoms with Crippen LogP contribution in [0, 0.1) is 17.3 Å². The van der Waals surface area contributed by atoms with E-state index in [1.54, 1.807) is 0 Å². The number of carbonyl (C=O) groups is 2. The average Bonchev–Trinajstić information content (AvgIpc) is 2.07. The lowest BCUT2D eigenvalue weighted by Crippen LogP contribution is -2.39. The number of hydrogen-bond donors (Lipinski definition) is 0. The number of ketones is 1. The SMILES string of the molecule is CC1C(=O)CCC(C)(C)C1CC=O. The maximum absolute atomic E-state index is 11.5. The zero-order valence-corrected chi connectivity index (χ0v) is 8.67. The standard InChI is InChI=1S/C11H18O2/c1-8-9(5-7-12)11(2,3)6-4-10(8)13/h7-9H,4-6H2,1-3H3. The number of aldehydes is 1. The molecule has 2 heteroatoms. The summed E-state index contributed by atoms with van der Waals surface area (Å²) in [6.07, 6.45) is 3.08. The molecule has 0 amide bonds. The van der Waals surface area contributed by atoms with Gasteiger partial charge >= 0.3 is 0 Å². The lowest BCUT2D eigenvalue weighted by atomic mass is 9.63. The lowest BCUT2D eigenvalue weighted by molar-refractivity contribution is -0.131. The largest absolute Gasteiger partial charge is 0.303 e. The Morgan fingerprint density at radius 3 is 2.69 bits per heavy atom. The first-order valence-corrected chi connectivity index (χ1v) is 4.95. The van der Waals surface area contributed by atoms with E-state index in [1.807, 2.05) is 6.92 Å². The first-order chi connectivity index (χ1) is 5.99. The Labute approximate surface area is 79.7 Å². The molecule has 1 rings (SSSR count). The van der Waals surface area contributed by atoms with Gasteiger partial charge in [-0.05, 0) is 17.8 Å². The van der Waals surface area contributed by atoms with Gasteiger partial charge in [-0.25, -0.2) is 0 Å². The number of hydrogen-bond acceptors (Lipinski definition) is 2. The highest BCUT2D eigenvalue weighted by Gasteiger charge is 2.40. The molecule has 1 aliphatic carbocycles. The quantitative estimate of drug-likeness (QED) is 0.614. The normalized spacial score (nSPS) is 33.0. The van der Waals surface area contributed by atoms with Crippen molar-refractivity contribution in [1.29, 1.82) is 0 Å². The molecule has 1 saturated carbocycles. The second-order valence-electron chi connectivity index (χ2n) is 4.75. The van der Waals surface area contributed by atoms with Crippen LogP contribution in [0.1, 0.15) is 40.0 Å². The number of rotatable bonds is 2. The van der Waals surface area contributed by atoms with Crippen LogP contribution < -0.4 is 0 Å². The lowest BCUT2D eigenvalue weighted by Gasteiger charge is -2.41. The molecule has 0 aromatic rings. The third-order valence-electron chi connectivity index (χ3n) is 3.48. The minimum Gasteiger partial charge on any atom is -0.303 e. The predicted octanol–water partition coefficient (Wildman–Crippen LogP) is 2.22. The van der Waals surface area contributed by atoms with Gasteiger partial charge in [0.1, 0.15) is 12.1 Å². The van der Waals surface area contributed by atoms with Crippen LogP contribution in [0.2, 0.25) is 0 Å². The molecular formula is C11H18O2. The first-order valence-electron chi connectivity index (χ1n) is 4.95. The van der Waals surface area contributed by atoms with E-state index in [-0.39, 0.29) is 17.3 Å². The van der Waals surface area contributed by atoms with Gasteiger partial charge in [-0.2, -0.15) is 0 Å². The molecule has 0 saturated heterocycles. The second kappa shape index (κ2) is 3.60. The highest BCUT2D eigenvalue weighted by Crippen LogP contribution is 2.43. The molecule has 0 heterocycles. The van der Waals surface area contributed by atoms with Crippen molar-refractivity contribution in [3.05, 3.63) is 0 Å². The summed E-state index contributed by atoms with van der Waals surface area (Å²) in [5.41, 5.74) is 0.147. The fourth-order valence-corrected chi connectivity index (χ4v) is 2.39. The summed E-state index contributed by atoms with van der Waals surface area (Å²) in [6.45, 7) is 6.27. The fourth-order valence-electron chi connectivity index (χ4n) is 2.39. The molecule has 0 spiro atoms. The van der Waals surface area contributed by atoms with Crippen molar-refractivity contribution in [2.75, 3.05) is 0 Å². The van der Waals surface area contributed by atoms with Gasteiger partial charge in [0.05, 0.1) is 0 Å². The van der Waals surface area contributed by atoms with Gasteiger partial charge in [0, 0.05) is 18.8 Å². The highest BCUT2D eigenvalue weighted by molar-refractivity contribution is 5.82. The van der Waals surface area contributed by atoms with Crippen LogP contribution in [-0.2, 0) is 9.59 Å². The molecule has 2 nitrogen and oxygen atoms in total. The van der Waals surface area contributed by atoms with Crippen LogP contribution >= 0.6 is 0 Å². The van der Waals surface area contributed by atoms with Crippen LogP contribution in [-0.4, -0.2) is 12.1 Å². The topological polar surface area (TPSA) is 34.1 Å². The third kappa shape index (κ3) is 1.98. The Bertz CT molecular complexity index is 218. The Balaban J connectivity index is 2.81. The molecule has 0 N–H and O–H groups in total. The maximum Gasteiger partial charge on any atom is 0.136 e. The molecule has 0 radical (unpaired) electrons. The second-order valence-corrected chi connectivity index (χ2v) is 4.75. The van der Waals surface area contributed by atoms with Crippen LogP contribution in [0.15, 0.2) is 0 Å². The molecule has 1 fully saturated rings. The summed E-state index contributed by atoms with van der Waals surface area (Å²) in [4.78, 5) is 22.0. The average molecular weight is 182 g/mol. The Morgan fingerprint density at radius 2 is 2.15 bits per heavy atom. The van der Waals surface area contributed by atoms with Crippen molar-refractivity contribution >= 4 is 12.1 Å². The van der Waals surface area contributed by atoms with Crippen molar-refractivity contribution in [1.82, 2.24) is 0 Å². The smallest absolute Gasteiger partial charge is 0.136 e. The first kappa shape index (κ1) is 10.4. The van der Waals surface area contributed by atoms with Gasteiger partial charge in [-0.15, -0.1) is 0 Å². The molecule has 1 aliphatic rings. The molecule has 13 heavy (non-hydrogen) atoms. The molecule has 0 bridgehead atoms. The summed E-state index contributed by atoms with van der Waals surface area (Å²) >= 11 is 0. The minimum absolute atomic E-state index is 0.0638. The van der Waals surface area contributed by atoms with Gasteiger partial charge in [0.25, 0.3) is 0 Å². The van der Waals surface area contributed by atoms with E-state index in [0.717, 1.165) is 12.7 Å². The fraction of sp³-hybridized carbons (Fsp3) is 0.818.